The standard InChI is InChI=1S/C13H16ClNO2S/c1-3-4-9-15-10(2)13(18(14,16)17)11-7-5-6-8-12(11)15/h5-8H,3-4,9H2,1-2H3. The highest BCUT2D eigenvalue weighted by Gasteiger charge is 2.22. The van der Waals surface area contributed by atoms with Crippen molar-refractivity contribution in [2.45, 2.75) is 38.1 Å². The lowest BCUT2D eigenvalue weighted by atomic mass is 10.2. The number of fused-ring (bicyclic) bond motifs is 1. The summed E-state index contributed by atoms with van der Waals surface area (Å²) in [4.78, 5) is 0.246. The molecule has 0 aliphatic heterocycles. The lowest BCUT2D eigenvalue weighted by molar-refractivity contribution is 0.605. The van der Waals surface area contributed by atoms with Gasteiger partial charge in [-0.25, -0.2) is 8.42 Å². The van der Waals surface area contributed by atoms with Gasteiger partial charge in [0.15, 0.2) is 0 Å². The fourth-order valence-electron chi connectivity index (χ4n) is 2.31. The number of hydrogen-bond donors (Lipinski definition) is 0. The second kappa shape index (κ2) is 4.94. The van der Waals surface area contributed by atoms with Gasteiger partial charge in [0.25, 0.3) is 9.05 Å². The van der Waals surface area contributed by atoms with Crippen LogP contribution in [-0.4, -0.2) is 13.0 Å². The molecule has 2 rings (SSSR count). The highest BCUT2D eigenvalue weighted by molar-refractivity contribution is 8.14. The summed E-state index contributed by atoms with van der Waals surface area (Å²) in [5, 5.41) is 0.709. The predicted octanol–water partition coefficient (Wildman–Crippen LogP) is 3.68. The Kier molecular flexibility index (Phi) is 3.69. The van der Waals surface area contributed by atoms with Crippen LogP contribution in [0.25, 0.3) is 10.9 Å². The van der Waals surface area contributed by atoms with Crippen LogP contribution in [0.1, 0.15) is 25.5 Å². The fraction of sp³-hybridized carbons (Fsp3) is 0.385. The zero-order valence-corrected chi connectivity index (χ0v) is 12.1. The number of para-hydroxylation sites is 1. The summed E-state index contributed by atoms with van der Waals surface area (Å²) >= 11 is 0. The van der Waals surface area contributed by atoms with Gasteiger partial charge in [-0.1, -0.05) is 31.5 Å². The number of aryl methyl sites for hydroxylation is 1. The summed E-state index contributed by atoms with van der Waals surface area (Å²) in [6, 6.07) is 7.48. The van der Waals surface area contributed by atoms with E-state index in [0.29, 0.717) is 5.39 Å². The monoisotopic (exact) mass is 285 g/mol. The maximum absolute atomic E-state index is 11.7. The van der Waals surface area contributed by atoms with E-state index in [-0.39, 0.29) is 4.90 Å². The molecular weight excluding hydrogens is 270 g/mol. The second-order valence-electron chi connectivity index (χ2n) is 4.37. The highest BCUT2D eigenvalue weighted by Crippen LogP contribution is 2.32. The molecule has 3 nitrogen and oxygen atoms in total. The Morgan fingerprint density at radius 1 is 1.28 bits per heavy atom. The Morgan fingerprint density at radius 2 is 1.94 bits per heavy atom. The Morgan fingerprint density at radius 3 is 2.56 bits per heavy atom. The van der Waals surface area contributed by atoms with E-state index in [9.17, 15) is 8.42 Å². The maximum atomic E-state index is 11.7. The maximum Gasteiger partial charge on any atom is 0.263 e. The highest BCUT2D eigenvalue weighted by atomic mass is 35.7. The summed E-state index contributed by atoms with van der Waals surface area (Å²) in [7, 11) is 1.84. The molecule has 0 radical (unpaired) electrons. The molecule has 1 aromatic carbocycles. The molecule has 0 fully saturated rings. The van der Waals surface area contributed by atoms with Gasteiger partial charge in [0.2, 0.25) is 0 Å². The smallest absolute Gasteiger partial charge is 0.263 e. The molecule has 0 aliphatic rings. The fourth-order valence-corrected chi connectivity index (χ4v) is 3.79. The lowest BCUT2D eigenvalue weighted by Crippen LogP contribution is -2.01. The number of halogens is 1. The van der Waals surface area contributed by atoms with E-state index in [0.717, 1.165) is 30.6 Å². The molecule has 0 unspecified atom stereocenters. The molecule has 0 amide bonds. The third-order valence-corrected chi connectivity index (χ3v) is 4.62. The van der Waals surface area contributed by atoms with Crippen LogP contribution in [0.4, 0.5) is 0 Å². The quantitative estimate of drug-likeness (QED) is 0.804. The zero-order valence-electron chi connectivity index (χ0n) is 10.5. The zero-order chi connectivity index (χ0) is 13.3. The van der Waals surface area contributed by atoms with Gasteiger partial charge < -0.3 is 4.57 Å². The first-order valence-corrected chi connectivity index (χ1v) is 8.30. The summed E-state index contributed by atoms with van der Waals surface area (Å²) in [6.07, 6.45) is 2.08. The Balaban J connectivity index is 2.76. The summed E-state index contributed by atoms with van der Waals surface area (Å²) in [6.45, 7) is 4.74. The molecule has 1 aromatic heterocycles. The molecule has 0 saturated carbocycles. The number of benzene rings is 1. The molecule has 18 heavy (non-hydrogen) atoms. The molecule has 98 valence electrons. The minimum Gasteiger partial charge on any atom is -0.343 e. The van der Waals surface area contributed by atoms with Crippen molar-refractivity contribution in [1.82, 2.24) is 4.57 Å². The topological polar surface area (TPSA) is 39.1 Å². The Labute approximate surface area is 112 Å². The minimum absolute atomic E-state index is 0.246. The van der Waals surface area contributed by atoms with Gasteiger partial charge in [0.05, 0.1) is 0 Å². The van der Waals surface area contributed by atoms with Crippen molar-refractivity contribution >= 4 is 30.6 Å². The molecule has 0 spiro atoms. The van der Waals surface area contributed by atoms with Crippen LogP contribution in [0.15, 0.2) is 29.2 Å². The van der Waals surface area contributed by atoms with E-state index in [4.69, 9.17) is 10.7 Å². The van der Waals surface area contributed by atoms with E-state index in [1.54, 1.807) is 6.07 Å². The average molecular weight is 286 g/mol. The molecule has 1 heterocycles. The molecule has 0 N–H and O–H groups in total. The van der Waals surface area contributed by atoms with Crippen LogP contribution >= 0.6 is 10.7 Å². The first-order chi connectivity index (χ1) is 8.46. The molecular formula is C13H16ClNO2S. The van der Waals surface area contributed by atoms with Gasteiger partial charge in [-0.15, -0.1) is 0 Å². The van der Waals surface area contributed by atoms with Crippen LogP contribution in [0.3, 0.4) is 0 Å². The molecule has 0 aliphatic carbocycles. The first kappa shape index (κ1) is 13.4. The van der Waals surface area contributed by atoms with E-state index in [1.807, 2.05) is 29.7 Å². The largest absolute Gasteiger partial charge is 0.343 e. The van der Waals surface area contributed by atoms with Crippen LogP contribution < -0.4 is 0 Å². The van der Waals surface area contributed by atoms with Crippen LogP contribution in [0.2, 0.25) is 0 Å². The summed E-state index contributed by atoms with van der Waals surface area (Å²) in [5.41, 5.74) is 1.65. The molecule has 0 saturated heterocycles. The van der Waals surface area contributed by atoms with Gasteiger partial charge in [-0.2, -0.15) is 0 Å². The average Bonchev–Trinajstić information content (AvgIpc) is 2.58. The van der Waals surface area contributed by atoms with Crippen molar-refractivity contribution in [1.29, 1.82) is 0 Å². The molecule has 0 bridgehead atoms. The Hall–Kier alpha value is -1.00. The van der Waals surface area contributed by atoms with Gasteiger partial charge in [-0.05, 0) is 19.4 Å². The number of nitrogens with zero attached hydrogens (tertiary/aromatic N) is 1. The third-order valence-electron chi connectivity index (χ3n) is 3.15. The number of aromatic nitrogens is 1. The third kappa shape index (κ3) is 2.27. The van der Waals surface area contributed by atoms with Crippen LogP contribution in [-0.2, 0) is 15.6 Å². The van der Waals surface area contributed by atoms with Crippen molar-refractivity contribution in [2.24, 2.45) is 0 Å². The van der Waals surface area contributed by atoms with Gasteiger partial charge in [0, 0.05) is 33.8 Å². The van der Waals surface area contributed by atoms with Crippen molar-refractivity contribution < 1.29 is 8.42 Å². The van der Waals surface area contributed by atoms with Gasteiger partial charge in [0.1, 0.15) is 4.90 Å². The van der Waals surface area contributed by atoms with E-state index < -0.39 is 9.05 Å². The second-order valence-corrected chi connectivity index (χ2v) is 6.88. The number of hydrogen-bond acceptors (Lipinski definition) is 2. The van der Waals surface area contributed by atoms with E-state index in [2.05, 4.69) is 6.92 Å². The molecule has 0 atom stereocenters. The normalized spacial score (nSPS) is 12.2. The van der Waals surface area contributed by atoms with Crippen molar-refractivity contribution in [3.63, 3.8) is 0 Å². The predicted molar refractivity (Wildman–Crippen MR) is 74.6 cm³/mol. The van der Waals surface area contributed by atoms with Crippen LogP contribution in [0, 0.1) is 6.92 Å². The molecule has 5 heteroatoms. The van der Waals surface area contributed by atoms with E-state index in [1.165, 1.54) is 0 Å². The van der Waals surface area contributed by atoms with Crippen LogP contribution in [0.5, 0.6) is 0 Å². The van der Waals surface area contributed by atoms with Crippen molar-refractivity contribution in [3.05, 3.63) is 30.0 Å². The summed E-state index contributed by atoms with van der Waals surface area (Å²) < 4.78 is 25.4. The number of rotatable bonds is 4. The number of unbranched alkanes of at least 4 members (excludes halogenated alkanes) is 1. The Bertz CT molecular complexity index is 674. The SMILES string of the molecule is CCCCn1c(C)c(S(=O)(=O)Cl)c2ccccc21. The van der Waals surface area contributed by atoms with Crippen molar-refractivity contribution in [2.75, 3.05) is 0 Å². The minimum atomic E-state index is -3.71. The molecule has 2 aromatic rings. The lowest BCUT2D eigenvalue weighted by Gasteiger charge is -2.06. The van der Waals surface area contributed by atoms with Crippen molar-refractivity contribution in [3.8, 4) is 0 Å². The first-order valence-electron chi connectivity index (χ1n) is 5.99. The summed E-state index contributed by atoms with van der Waals surface area (Å²) in [5.74, 6) is 0. The van der Waals surface area contributed by atoms with Gasteiger partial charge >= 0.3 is 0 Å². The van der Waals surface area contributed by atoms with E-state index >= 15 is 0 Å². The van der Waals surface area contributed by atoms with Gasteiger partial charge in [-0.3, -0.25) is 0 Å².